The van der Waals surface area contributed by atoms with Crippen molar-refractivity contribution in [2.45, 2.75) is 20.3 Å². The van der Waals surface area contributed by atoms with E-state index in [-0.39, 0.29) is 11.6 Å². The minimum Gasteiger partial charge on any atom is -0.489 e. The fraction of sp³-hybridized carbons (Fsp3) is 0.556. The summed E-state index contributed by atoms with van der Waals surface area (Å²) in [6.07, 6.45) is 0.855. The largest absolute Gasteiger partial charge is 0.489 e. The maximum atomic E-state index is 12.8. The van der Waals surface area contributed by atoms with Crippen molar-refractivity contribution >= 4 is 0 Å². The fourth-order valence-electron chi connectivity index (χ4n) is 0.712. The second-order valence-corrected chi connectivity index (χ2v) is 2.44. The predicted octanol–water partition coefficient (Wildman–Crippen LogP) is 2.35. The summed E-state index contributed by atoms with van der Waals surface area (Å²) in [5.41, 5.74) is 0.475. The van der Waals surface area contributed by atoms with E-state index in [0.717, 1.165) is 6.42 Å². The molecule has 0 atom stereocenters. The third-order valence-electron chi connectivity index (χ3n) is 1.34. The number of nitrogens with one attached hydrogen (secondary N) is 1. The molecule has 2 nitrogen and oxygen atoms in total. The molecule has 0 spiro atoms. The molecule has 0 aromatic rings. The molecule has 0 saturated heterocycles. The van der Waals surface area contributed by atoms with Gasteiger partial charge in [0.25, 0.3) is 0 Å². The Balaban J connectivity index is 4.26. The van der Waals surface area contributed by atoms with Gasteiger partial charge in [0.15, 0.2) is 5.76 Å². The summed E-state index contributed by atoms with van der Waals surface area (Å²) in [6.45, 7) is 7.45. The van der Waals surface area contributed by atoms with Gasteiger partial charge in [-0.1, -0.05) is 13.5 Å². The molecule has 0 amide bonds. The molecular weight excluding hydrogens is 157 g/mol. The van der Waals surface area contributed by atoms with E-state index >= 15 is 0 Å². The molecule has 0 fully saturated rings. The molecule has 0 rings (SSSR count). The van der Waals surface area contributed by atoms with Gasteiger partial charge in [-0.15, -0.1) is 0 Å². The third kappa shape index (κ3) is 3.42. The Morgan fingerprint density at radius 2 is 2.17 bits per heavy atom. The van der Waals surface area contributed by atoms with Gasteiger partial charge in [0, 0.05) is 7.05 Å². The molecular formula is C9H16FNO. The van der Waals surface area contributed by atoms with Gasteiger partial charge in [0.2, 0.25) is 0 Å². The van der Waals surface area contributed by atoms with Crippen molar-refractivity contribution in [2.75, 3.05) is 13.7 Å². The van der Waals surface area contributed by atoms with Crippen LogP contribution in [0, 0.1) is 0 Å². The summed E-state index contributed by atoms with van der Waals surface area (Å²) in [4.78, 5) is 0. The second kappa shape index (κ2) is 5.63. The highest BCUT2D eigenvalue weighted by Gasteiger charge is 2.06. The lowest BCUT2D eigenvalue weighted by Crippen LogP contribution is -2.10. The Bertz CT molecular complexity index is 183. The van der Waals surface area contributed by atoms with Crippen LogP contribution in [0.15, 0.2) is 23.9 Å². The Morgan fingerprint density at radius 3 is 2.50 bits per heavy atom. The molecule has 0 aliphatic rings. The van der Waals surface area contributed by atoms with Crippen LogP contribution < -0.4 is 5.32 Å². The van der Waals surface area contributed by atoms with Crippen molar-refractivity contribution in [1.82, 2.24) is 5.32 Å². The van der Waals surface area contributed by atoms with Gasteiger partial charge in [0.1, 0.15) is 5.83 Å². The van der Waals surface area contributed by atoms with E-state index in [2.05, 4.69) is 11.9 Å². The average Bonchev–Trinajstić information content (AvgIpc) is 2.04. The van der Waals surface area contributed by atoms with E-state index in [1.165, 1.54) is 6.92 Å². The molecule has 0 aliphatic heterocycles. The maximum Gasteiger partial charge on any atom is 0.172 e. The quantitative estimate of drug-likeness (QED) is 0.509. The first-order chi connectivity index (χ1) is 5.63. The van der Waals surface area contributed by atoms with Crippen molar-refractivity contribution in [1.29, 1.82) is 0 Å². The Morgan fingerprint density at radius 1 is 1.58 bits per heavy atom. The second-order valence-electron chi connectivity index (χ2n) is 2.44. The zero-order valence-electron chi connectivity index (χ0n) is 7.91. The summed E-state index contributed by atoms with van der Waals surface area (Å²) >= 11 is 0. The van der Waals surface area contributed by atoms with Crippen molar-refractivity contribution in [3.05, 3.63) is 23.9 Å². The molecule has 12 heavy (non-hydrogen) atoms. The third-order valence-corrected chi connectivity index (χ3v) is 1.34. The van der Waals surface area contributed by atoms with Gasteiger partial charge in [0.05, 0.1) is 12.3 Å². The van der Waals surface area contributed by atoms with Gasteiger partial charge in [-0.05, 0) is 13.3 Å². The van der Waals surface area contributed by atoms with Crippen LogP contribution in [0.25, 0.3) is 0 Å². The smallest absolute Gasteiger partial charge is 0.172 e. The molecule has 0 radical (unpaired) electrons. The Hall–Kier alpha value is -0.990. The number of allylic oxidation sites excluding steroid dienone is 1. The van der Waals surface area contributed by atoms with Crippen LogP contribution in [-0.4, -0.2) is 13.7 Å². The molecule has 0 aliphatic carbocycles. The predicted molar refractivity (Wildman–Crippen MR) is 48.3 cm³/mol. The number of hydrogen-bond donors (Lipinski definition) is 1. The van der Waals surface area contributed by atoms with Gasteiger partial charge < -0.3 is 10.1 Å². The summed E-state index contributed by atoms with van der Waals surface area (Å²) in [5.74, 6) is -0.123. The van der Waals surface area contributed by atoms with E-state index in [0.29, 0.717) is 12.3 Å². The first kappa shape index (κ1) is 11.0. The van der Waals surface area contributed by atoms with Crippen LogP contribution >= 0.6 is 0 Å². The summed E-state index contributed by atoms with van der Waals surface area (Å²) in [7, 11) is 1.68. The normalized spacial score (nSPS) is 12.0. The number of hydrogen-bond acceptors (Lipinski definition) is 2. The molecule has 3 heteroatoms. The summed E-state index contributed by atoms with van der Waals surface area (Å²) < 4.78 is 17.9. The molecule has 0 aromatic carbocycles. The molecule has 0 heterocycles. The van der Waals surface area contributed by atoms with E-state index in [1.54, 1.807) is 7.05 Å². The van der Waals surface area contributed by atoms with Crippen LogP contribution in [0.3, 0.4) is 0 Å². The molecule has 0 bridgehead atoms. The van der Waals surface area contributed by atoms with Crippen molar-refractivity contribution < 1.29 is 9.13 Å². The van der Waals surface area contributed by atoms with Crippen molar-refractivity contribution in [2.24, 2.45) is 0 Å². The van der Waals surface area contributed by atoms with E-state index in [4.69, 9.17) is 4.74 Å². The molecule has 0 saturated carbocycles. The molecule has 70 valence electrons. The van der Waals surface area contributed by atoms with Gasteiger partial charge in [-0.3, -0.25) is 0 Å². The molecule has 0 unspecified atom stereocenters. The van der Waals surface area contributed by atoms with Crippen LogP contribution in [-0.2, 0) is 4.74 Å². The van der Waals surface area contributed by atoms with E-state index in [9.17, 15) is 4.39 Å². The number of halogens is 1. The first-order valence-corrected chi connectivity index (χ1v) is 3.99. The van der Waals surface area contributed by atoms with Gasteiger partial charge in [-0.25, -0.2) is 4.39 Å². The monoisotopic (exact) mass is 173 g/mol. The lowest BCUT2D eigenvalue weighted by molar-refractivity contribution is 0.207. The van der Waals surface area contributed by atoms with Gasteiger partial charge >= 0.3 is 0 Å². The zero-order valence-corrected chi connectivity index (χ0v) is 7.91. The van der Waals surface area contributed by atoms with Crippen molar-refractivity contribution in [3.8, 4) is 0 Å². The lowest BCUT2D eigenvalue weighted by atomic mass is 10.3. The SMILES string of the molecule is C=C(NC)/C(OCCC)=C(\C)F. The number of rotatable bonds is 5. The molecule has 1 N–H and O–H groups in total. The fourth-order valence-corrected chi connectivity index (χ4v) is 0.712. The van der Waals surface area contributed by atoms with E-state index in [1.807, 2.05) is 6.92 Å². The Kier molecular flexibility index (Phi) is 5.17. The van der Waals surface area contributed by atoms with Gasteiger partial charge in [-0.2, -0.15) is 0 Å². The Labute approximate surface area is 73.1 Å². The highest BCUT2D eigenvalue weighted by molar-refractivity contribution is 5.22. The number of ether oxygens (including phenoxy) is 1. The highest BCUT2D eigenvalue weighted by Crippen LogP contribution is 2.13. The van der Waals surface area contributed by atoms with Crippen molar-refractivity contribution in [3.63, 3.8) is 0 Å². The van der Waals surface area contributed by atoms with Crippen LogP contribution in [0.4, 0.5) is 4.39 Å². The van der Waals surface area contributed by atoms with Crippen LogP contribution in [0.5, 0.6) is 0 Å². The first-order valence-electron chi connectivity index (χ1n) is 3.99. The summed E-state index contributed by atoms with van der Waals surface area (Å²) in [6, 6.07) is 0. The van der Waals surface area contributed by atoms with Crippen LogP contribution in [0.2, 0.25) is 0 Å². The zero-order chi connectivity index (χ0) is 9.56. The van der Waals surface area contributed by atoms with Crippen LogP contribution in [0.1, 0.15) is 20.3 Å². The minimum absolute atomic E-state index is 0.222. The average molecular weight is 173 g/mol. The minimum atomic E-state index is -0.345. The molecule has 0 aromatic heterocycles. The topological polar surface area (TPSA) is 21.3 Å². The highest BCUT2D eigenvalue weighted by atomic mass is 19.1. The summed E-state index contributed by atoms with van der Waals surface area (Å²) in [5, 5.41) is 2.74. The van der Waals surface area contributed by atoms with E-state index < -0.39 is 0 Å². The maximum absolute atomic E-state index is 12.8. The standard InChI is InChI=1S/C9H16FNO/c1-5-6-12-9(7(2)10)8(3)11-4/h11H,3,5-6H2,1-2,4H3/b9-7-. The number of likely N-dealkylation sites (N-methyl/N-ethyl adjacent to an activating group) is 1. The lowest BCUT2D eigenvalue weighted by Gasteiger charge is -2.11.